The van der Waals surface area contributed by atoms with Crippen molar-refractivity contribution in [3.63, 3.8) is 0 Å². The standard InChI is InChI=1S/C12H17N3S/c1-8-6-7-10(11(13)14)12(15-8)16-9-4-2-3-5-9/h6-7,9H,2-5H2,1H3,(H3,13,14). The van der Waals surface area contributed by atoms with Gasteiger partial charge in [0.25, 0.3) is 0 Å². The summed E-state index contributed by atoms with van der Waals surface area (Å²) in [5, 5.41) is 9.13. The number of nitrogens with two attached hydrogens (primary N) is 1. The van der Waals surface area contributed by atoms with Gasteiger partial charge in [-0.2, -0.15) is 0 Å². The van der Waals surface area contributed by atoms with Crippen LogP contribution in [-0.2, 0) is 0 Å². The molecule has 1 fully saturated rings. The molecule has 1 aliphatic rings. The molecule has 0 aliphatic heterocycles. The number of hydrogen-bond acceptors (Lipinski definition) is 3. The second-order valence-electron chi connectivity index (χ2n) is 4.24. The highest BCUT2D eigenvalue weighted by Crippen LogP contribution is 2.35. The molecule has 1 aromatic rings. The van der Waals surface area contributed by atoms with E-state index in [1.54, 1.807) is 11.8 Å². The summed E-state index contributed by atoms with van der Waals surface area (Å²) in [6, 6.07) is 3.82. The Morgan fingerprint density at radius 3 is 2.75 bits per heavy atom. The molecule has 86 valence electrons. The zero-order valence-corrected chi connectivity index (χ0v) is 10.3. The van der Waals surface area contributed by atoms with Gasteiger partial charge < -0.3 is 5.73 Å². The Labute approximate surface area is 100 Å². The van der Waals surface area contributed by atoms with Crippen molar-refractivity contribution in [1.29, 1.82) is 5.41 Å². The van der Waals surface area contributed by atoms with Crippen LogP contribution in [0.2, 0.25) is 0 Å². The molecule has 4 heteroatoms. The Bertz CT molecular complexity index is 397. The summed E-state index contributed by atoms with van der Waals surface area (Å²) < 4.78 is 0. The maximum atomic E-state index is 7.55. The molecule has 2 rings (SSSR count). The maximum Gasteiger partial charge on any atom is 0.125 e. The zero-order chi connectivity index (χ0) is 11.5. The van der Waals surface area contributed by atoms with E-state index in [-0.39, 0.29) is 5.84 Å². The van der Waals surface area contributed by atoms with Crippen LogP contribution in [0.5, 0.6) is 0 Å². The fourth-order valence-electron chi connectivity index (χ4n) is 1.99. The van der Waals surface area contributed by atoms with Gasteiger partial charge in [-0.25, -0.2) is 4.98 Å². The zero-order valence-electron chi connectivity index (χ0n) is 9.49. The van der Waals surface area contributed by atoms with E-state index in [0.717, 1.165) is 16.3 Å². The van der Waals surface area contributed by atoms with Crippen LogP contribution in [0.3, 0.4) is 0 Å². The van der Waals surface area contributed by atoms with E-state index in [9.17, 15) is 0 Å². The lowest BCUT2D eigenvalue weighted by Gasteiger charge is -2.12. The van der Waals surface area contributed by atoms with Crippen molar-refractivity contribution in [3.05, 3.63) is 23.4 Å². The van der Waals surface area contributed by atoms with E-state index >= 15 is 0 Å². The van der Waals surface area contributed by atoms with Gasteiger partial charge in [0.05, 0.1) is 0 Å². The summed E-state index contributed by atoms with van der Waals surface area (Å²) in [5.74, 6) is 0.119. The predicted molar refractivity (Wildman–Crippen MR) is 68.1 cm³/mol. The molecule has 0 saturated heterocycles. The molecule has 0 atom stereocenters. The van der Waals surface area contributed by atoms with Crippen molar-refractivity contribution in [3.8, 4) is 0 Å². The summed E-state index contributed by atoms with van der Waals surface area (Å²) in [6.45, 7) is 1.97. The number of amidine groups is 1. The molecule has 1 aromatic heterocycles. The molecular formula is C12H17N3S. The summed E-state index contributed by atoms with van der Waals surface area (Å²) in [4.78, 5) is 4.50. The lowest BCUT2D eigenvalue weighted by molar-refractivity contribution is 0.886. The minimum Gasteiger partial charge on any atom is -0.384 e. The molecule has 1 aliphatic carbocycles. The highest BCUT2D eigenvalue weighted by atomic mass is 32.2. The summed E-state index contributed by atoms with van der Waals surface area (Å²) in [6.07, 6.45) is 5.16. The monoisotopic (exact) mass is 235 g/mol. The quantitative estimate of drug-likeness (QED) is 0.625. The first-order valence-corrected chi connectivity index (χ1v) is 6.53. The third-order valence-electron chi connectivity index (χ3n) is 2.87. The fraction of sp³-hybridized carbons (Fsp3) is 0.500. The molecule has 0 amide bonds. The number of aryl methyl sites for hydroxylation is 1. The van der Waals surface area contributed by atoms with Crippen LogP contribution < -0.4 is 5.73 Å². The largest absolute Gasteiger partial charge is 0.384 e. The number of aromatic nitrogens is 1. The number of rotatable bonds is 3. The molecule has 3 nitrogen and oxygen atoms in total. The number of nitrogen functional groups attached to an aromatic ring is 1. The topological polar surface area (TPSA) is 62.8 Å². The molecular weight excluding hydrogens is 218 g/mol. The second kappa shape index (κ2) is 4.87. The molecule has 16 heavy (non-hydrogen) atoms. The first kappa shape index (κ1) is 11.5. The van der Waals surface area contributed by atoms with Gasteiger partial charge in [-0.3, -0.25) is 5.41 Å². The van der Waals surface area contributed by atoms with E-state index in [1.165, 1.54) is 25.7 Å². The summed E-state index contributed by atoms with van der Waals surface area (Å²) in [5.41, 5.74) is 7.34. The first-order chi connectivity index (χ1) is 7.66. The van der Waals surface area contributed by atoms with E-state index < -0.39 is 0 Å². The van der Waals surface area contributed by atoms with Gasteiger partial charge in [-0.05, 0) is 31.9 Å². The minimum absolute atomic E-state index is 0.119. The molecule has 3 N–H and O–H groups in total. The van der Waals surface area contributed by atoms with E-state index in [4.69, 9.17) is 11.1 Å². The lowest BCUT2D eigenvalue weighted by atomic mass is 10.2. The van der Waals surface area contributed by atoms with Gasteiger partial charge in [0, 0.05) is 16.5 Å². The van der Waals surface area contributed by atoms with Crippen LogP contribution in [0.4, 0.5) is 0 Å². The Balaban J connectivity index is 2.22. The third kappa shape index (κ3) is 2.55. The van der Waals surface area contributed by atoms with Crippen LogP contribution >= 0.6 is 11.8 Å². The molecule has 1 saturated carbocycles. The number of pyridine rings is 1. The number of thioether (sulfide) groups is 1. The highest BCUT2D eigenvalue weighted by molar-refractivity contribution is 7.99. The predicted octanol–water partition coefficient (Wildman–Crippen LogP) is 2.71. The van der Waals surface area contributed by atoms with Crippen LogP contribution in [0.1, 0.15) is 36.9 Å². The van der Waals surface area contributed by atoms with Crippen LogP contribution in [0, 0.1) is 12.3 Å². The van der Waals surface area contributed by atoms with Crippen molar-refractivity contribution < 1.29 is 0 Å². The van der Waals surface area contributed by atoms with Gasteiger partial charge in [0.1, 0.15) is 10.9 Å². The van der Waals surface area contributed by atoms with Gasteiger partial charge in [-0.15, -0.1) is 11.8 Å². The van der Waals surface area contributed by atoms with Crippen molar-refractivity contribution >= 4 is 17.6 Å². The average Bonchev–Trinajstić information content (AvgIpc) is 2.70. The maximum absolute atomic E-state index is 7.55. The van der Waals surface area contributed by atoms with Gasteiger partial charge in [-0.1, -0.05) is 12.8 Å². The van der Waals surface area contributed by atoms with Crippen molar-refractivity contribution in [2.75, 3.05) is 0 Å². The van der Waals surface area contributed by atoms with Crippen LogP contribution in [0.25, 0.3) is 0 Å². The Morgan fingerprint density at radius 1 is 1.44 bits per heavy atom. The minimum atomic E-state index is 0.119. The highest BCUT2D eigenvalue weighted by Gasteiger charge is 2.19. The third-order valence-corrected chi connectivity index (χ3v) is 4.21. The van der Waals surface area contributed by atoms with Crippen LogP contribution in [0.15, 0.2) is 17.2 Å². The van der Waals surface area contributed by atoms with E-state index in [0.29, 0.717) is 5.25 Å². The van der Waals surface area contributed by atoms with Crippen LogP contribution in [-0.4, -0.2) is 16.1 Å². The second-order valence-corrected chi connectivity index (χ2v) is 5.53. The number of hydrogen-bond donors (Lipinski definition) is 2. The SMILES string of the molecule is Cc1ccc(C(=N)N)c(SC2CCCC2)n1. The normalized spacial score (nSPS) is 16.6. The fourth-order valence-corrected chi connectivity index (χ4v) is 3.38. The first-order valence-electron chi connectivity index (χ1n) is 5.65. The van der Waals surface area contributed by atoms with Gasteiger partial charge >= 0.3 is 0 Å². The summed E-state index contributed by atoms with van der Waals surface area (Å²) >= 11 is 1.79. The average molecular weight is 235 g/mol. The molecule has 1 heterocycles. The Kier molecular flexibility index (Phi) is 3.49. The van der Waals surface area contributed by atoms with E-state index in [1.807, 2.05) is 19.1 Å². The molecule has 0 aromatic carbocycles. The molecule has 0 unspecified atom stereocenters. The molecule has 0 spiro atoms. The Morgan fingerprint density at radius 2 is 2.12 bits per heavy atom. The van der Waals surface area contributed by atoms with E-state index in [2.05, 4.69) is 4.98 Å². The Hall–Kier alpha value is -1.03. The van der Waals surface area contributed by atoms with Gasteiger partial charge in [0.2, 0.25) is 0 Å². The lowest BCUT2D eigenvalue weighted by Crippen LogP contribution is -2.14. The van der Waals surface area contributed by atoms with Crippen molar-refractivity contribution in [2.45, 2.75) is 42.9 Å². The number of nitrogens with one attached hydrogen (secondary N) is 1. The molecule has 0 bridgehead atoms. The summed E-state index contributed by atoms with van der Waals surface area (Å²) in [7, 11) is 0. The molecule has 0 radical (unpaired) electrons. The number of nitrogens with zero attached hydrogens (tertiary/aromatic N) is 1. The smallest absolute Gasteiger partial charge is 0.125 e. The van der Waals surface area contributed by atoms with Crippen molar-refractivity contribution in [2.24, 2.45) is 5.73 Å². The van der Waals surface area contributed by atoms with Gasteiger partial charge in [0.15, 0.2) is 0 Å². The van der Waals surface area contributed by atoms with Crippen molar-refractivity contribution in [1.82, 2.24) is 4.98 Å².